The lowest BCUT2D eigenvalue weighted by Crippen LogP contribution is -2.10. The first kappa shape index (κ1) is 14.5. The predicted molar refractivity (Wildman–Crippen MR) is 69.6 cm³/mol. The van der Waals surface area contributed by atoms with Crippen LogP contribution < -0.4 is 4.74 Å². The number of nitriles is 2. The Balaban J connectivity index is 2.25. The number of ether oxygens (including phenoxy) is 1. The summed E-state index contributed by atoms with van der Waals surface area (Å²) in [4.78, 5) is 3.77. The summed E-state index contributed by atoms with van der Waals surface area (Å²) < 4.78 is 19.8. The molecule has 0 radical (unpaired) electrons. The largest absolute Gasteiger partial charge is 0.494 e. The monoisotopic (exact) mass is 286 g/mol. The van der Waals surface area contributed by atoms with Crippen molar-refractivity contribution in [2.24, 2.45) is 0 Å². The molecule has 0 amide bonds. The van der Waals surface area contributed by atoms with Crippen molar-refractivity contribution in [1.82, 2.24) is 9.55 Å². The van der Waals surface area contributed by atoms with Crippen molar-refractivity contribution >= 4 is 0 Å². The van der Waals surface area contributed by atoms with Gasteiger partial charge in [0, 0.05) is 0 Å². The Morgan fingerprint density at radius 2 is 2.19 bits per heavy atom. The third-order valence-electron chi connectivity index (χ3n) is 2.98. The summed E-state index contributed by atoms with van der Waals surface area (Å²) in [6.07, 6.45) is 0.249. The summed E-state index contributed by atoms with van der Waals surface area (Å²) in [5, 5.41) is 27.9. The number of aromatic nitrogens is 2. The average Bonchev–Trinajstić information content (AvgIpc) is 2.88. The van der Waals surface area contributed by atoms with Gasteiger partial charge in [0.1, 0.15) is 12.1 Å². The first-order valence-electron chi connectivity index (χ1n) is 5.97. The highest BCUT2D eigenvalue weighted by Crippen LogP contribution is 2.23. The minimum absolute atomic E-state index is 0.00869. The Kier molecular flexibility index (Phi) is 4.17. The molecule has 0 bridgehead atoms. The number of halogens is 1. The van der Waals surface area contributed by atoms with Crippen molar-refractivity contribution in [1.29, 1.82) is 10.5 Å². The van der Waals surface area contributed by atoms with Crippen molar-refractivity contribution in [3.05, 3.63) is 47.3 Å². The lowest BCUT2D eigenvalue weighted by molar-refractivity contribution is 0.155. The zero-order valence-electron chi connectivity index (χ0n) is 11.1. The molecule has 0 spiro atoms. The smallest absolute Gasteiger partial charge is 0.176 e. The Labute approximate surface area is 120 Å². The fourth-order valence-electron chi connectivity index (χ4n) is 1.90. The van der Waals surface area contributed by atoms with Gasteiger partial charge in [-0.05, 0) is 17.7 Å². The summed E-state index contributed by atoms with van der Waals surface area (Å²) >= 11 is 0. The van der Waals surface area contributed by atoms with E-state index in [2.05, 4.69) is 4.98 Å². The van der Waals surface area contributed by atoms with Crippen LogP contribution in [-0.4, -0.2) is 21.8 Å². The van der Waals surface area contributed by atoms with Crippen molar-refractivity contribution in [3.8, 4) is 17.9 Å². The van der Waals surface area contributed by atoms with Crippen LogP contribution in [0, 0.1) is 28.5 Å². The van der Waals surface area contributed by atoms with E-state index in [0.717, 1.165) is 6.07 Å². The molecule has 2 rings (SSSR count). The number of methoxy groups -OCH3 is 1. The number of aliphatic hydroxyl groups excluding tert-OH is 1. The van der Waals surface area contributed by atoms with E-state index in [-0.39, 0.29) is 23.7 Å². The number of hydrogen-bond acceptors (Lipinski definition) is 5. The number of nitrogens with zero attached hydrogens (tertiary/aromatic N) is 4. The van der Waals surface area contributed by atoms with Crippen LogP contribution in [0.4, 0.5) is 4.39 Å². The Hall–Kier alpha value is -2.90. The van der Waals surface area contributed by atoms with Gasteiger partial charge in [-0.25, -0.2) is 9.37 Å². The molecule has 106 valence electrons. The Morgan fingerprint density at radius 1 is 1.43 bits per heavy atom. The van der Waals surface area contributed by atoms with Crippen LogP contribution in [0.5, 0.6) is 5.75 Å². The van der Waals surface area contributed by atoms with Crippen LogP contribution in [0.1, 0.15) is 23.1 Å². The van der Waals surface area contributed by atoms with Crippen LogP contribution in [0.15, 0.2) is 24.5 Å². The van der Waals surface area contributed by atoms with E-state index >= 15 is 0 Å². The van der Waals surface area contributed by atoms with Gasteiger partial charge in [0.05, 0.1) is 26.1 Å². The molecular weight excluding hydrogens is 275 g/mol. The van der Waals surface area contributed by atoms with Gasteiger partial charge in [0.25, 0.3) is 0 Å². The number of imidazole rings is 1. The van der Waals surface area contributed by atoms with Crippen LogP contribution >= 0.6 is 0 Å². The number of aliphatic hydroxyl groups is 1. The Bertz CT molecular complexity index is 742. The quantitative estimate of drug-likeness (QED) is 0.919. The van der Waals surface area contributed by atoms with Crippen LogP contribution in [-0.2, 0) is 6.54 Å². The zero-order chi connectivity index (χ0) is 15.4. The van der Waals surface area contributed by atoms with E-state index in [1.54, 1.807) is 6.07 Å². The minimum atomic E-state index is -1.04. The number of hydrogen-bond donors (Lipinski definition) is 1. The average molecular weight is 286 g/mol. The molecule has 6 nitrogen and oxygen atoms in total. The summed E-state index contributed by atoms with van der Waals surface area (Å²) in [6.45, 7) is -0.0106. The third kappa shape index (κ3) is 2.83. The van der Waals surface area contributed by atoms with Crippen molar-refractivity contribution < 1.29 is 14.2 Å². The summed E-state index contributed by atoms with van der Waals surface area (Å²) in [6, 6.07) is 7.75. The molecule has 0 aliphatic heterocycles. The molecule has 1 atom stereocenters. The molecule has 0 aliphatic carbocycles. The van der Waals surface area contributed by atoms with Gasteiger partial charge >= 0.3 is 0 Å². The van der Waals surface area contributed by atoms with E-state index in [1.807, 2.05) is 6.07 Å². The molecule has 0 saturated heterocycles. The fraction of sp³-hybridized carbons (Fsp3) is 0.214. The number of benzene rings is 1. The fourth-order valence-corrected chi connectivity index (χ4v) is 1.90. The molecule has 7 heteroatoms. The normalized spacial score (nSPS) is 11.5. The van der Waals surface area contributed by atoms with E-state index in [4.69, 9.17) is 15.3 Å². The highest BCUT2D eigenvalue weighted by atomic mass is 19.1. The summed E-state index contributed by atoms with van der Waals surface area (Å²) in [7, 11) is 1.35. The van der Waals surface area contributed by atoms with E-state index < -0.39 is 11.9 Å². The maximum absolute atomic E-state index is 13.6. The summed E-state index contributed by atoms with van der Waals surface area (Å²) in [5.41, 5.74) is 0.389. The van der Waals surface area contributed by atoms with E-state index in [9.17, 15) is 9.50 Å². The summed E-state index contributed by atoms with van der Waals surface area (Å²) in [5.74, 6) is -0.504. The molecule has 1 unspecified atom stereocenters. The lowest BCUT2D eigenvalue weighted by atomic mass is 10.1. The van der Waals surface area contributed by atoms with Crippen molar-refractivity contribution in [3.63, 3.8) is 0 Å². The molecule has 0 saturated carbocycles. The topological polar surface area (TPSA) is 94.9 Å². The second-order valence-corrected chi connectivity index (χ2v) is 4.23. The molecule has 21 heavy (non-hydrogen) atoms. The number of rotatable bonds is 4. The first-order valence-corrected chi connectivity index (χ1v) is 5.97. The highest BCUT2D eigenvalue weighted by molar-refractivity contribution is 5.36. The zero-order valence-corrected chi connectivity index (χ0v) is 11.1. The van der Waals surface area contributed by atoms with Gasteiger partial charge in [-0.2, -0.15) is 10.5 Å². The maximum atomic E-state index is 13.6. The second kappa shape index (κ2) is 6.04. The molecule has 1 heterocycles. The minimum Gasteiger partial charge on any atom is -0.494 e. The van der Waals surface area contributed by atoms with E-state index in [0.29, 0.717) is 5.56 Å². The third-order valence-corrected chi connectivity index (χ3v) is 2.98. The molecular formula is C14H11FN4O2. The van der Waals surface area contributed by atoms with Gasteiger partial charge in [0.15, 0.2) is 23.0 Å². The van der Waals surface area contributed by atoms with Gasteiger partial charge in [-0.1, -0.05) is 6.07 Å². The Morgan fingerprint density at radius 3 is 2.76 bits per heavy atom. The second-order valence-electron chi connectivity index (χ2n) is 4.23. The van der Waals surface area contributed by atoms with Crippen LogP contribution in [0.2, 0.25) is 0 Å². The van der Waals surface area contributed by atoms with Gasteiger partial charge in [-0.15, -0.1) is 0 Å². The SMILES string of the molecule is COc1ccc(C(O)Cn2cnc(C#N)c2C#N)cc1F. The highest BCUT2D eigenvalue weighted by Gasteiger charge is 2.16. The van der Waals surface area contributed by atoms with Gasteiger partial charge < -0.3 is 14.4 Å². The molecule has 0 fully saturated rings. The van der Waals surface area contributed by atoms with Crippen LogP contribution in [0.25, 0.3) is 0 Å². The predicted octanol–water partition coefficient (Wildman–Crippen LogP) is 1.51. The molecule has 1 N–H and O–H groups in total. The standard InChI is InChI=1S/C14H11FN4O2/c1-21-14-3-2-9(4-10(14)15)13(20)7-19-8-18-11(5-16)12(19)6-17/h2-4,8,13,20H,7H2,1H3. The van der Waals surface area contributed by atoms with Gasteiger partial charge in [-0.3, -0.25) is 0 Å². The molecule has 2 aromatic rings. The first-order chi connectivity index (χ1) is 10.1. The van der Waals surface area contributed by atoms with Crippen molar-refractivity contribution in [2.45, 2.75) is 12.6 Å². The lowest BCUT2D eigenvalue weighted by Gasteiger charge is -2.13. The van der Waals surface area contributed by atoms with Gasteiger partial charge in [0.2, 0.25) is 0 Å². The molecule has 0 aliphatic rings. The molecule has 1 aromatic carbocycles. The maximum Gasteiger partial charge on any atom is 0.176 e. The molecule has 1 aromatic heterocycles. The van der Waals surface area contributed by atoms with Crippen molar-refractivity contribution in [2.75, 3.05) is 7.11 Å². The van der Waals surface area contributed by atoms with E-state index in [1.165, 1.54) is 30.1 Å². The van der Waals surface area contributed by atoms with Crippen LogP contribution in [0.3, 0.4) is 0 Å².